The van der Waals surface area contributed by atoms with E-state index in [4.69, 9.17) is 12.6 Å². The summed E-state index contributed by atoms with van der Waals surface area (Å²) in [6.45, 7) is 19.5. The predicted molar refractivity (Wildman–Crippen MR) is 127 cm³/mol. The van der Waals surface area contributed by atoms with Crippen LogP contribution in [-0.4, -0.2) is 17.6 Å². The molecule has 1 aromatic carbocycles. The number of rotatable bonds is 11. The van der Waals surface area contributed by atoms with Crippen molar-refractivity contribution in [1.29, 1.82) is 0 Å². The largest absolute Gasteiger partial charge is 0.176 e. The molecule has 0 saturated carbocycles. The lowest BCUT2D eigenvalue weighted by Gasteiger charge is -2.52. The number of thiol groups is 1. The molecular weight excluding hydrogens is 351 g/mol. The second-order valence-corrected chi connectivity index (χ2v) is 11.5. The topological polar surface area (TPSA) is 0 Å². The lowest BCUT2D eigenvalue weighted by Crippen LogP contribution is -2.45. The first-order chi connectivity index (χ1) is 12.1. The van der Waals surface area contributed by atoms with Crippen molar-refractivity contribution in [3.05, 3.63) is 35.9 Å². The molecule has 0 heterocycles. The SMILES string of the molecule is CCC(S)CC(PC)C(C)(C)C(C)(C)C(CCC(C)C)c1ccccc1. The van der Waals surface area contributed by atoms with E-state index in [-0.39, 0.29) is 10.8 Å². The van der Waals surface area contributed by atoms with Gasteiger partial charge in [-0.1, -0.05) is 85.2 Å². The Labute approximate surface area is 171 Å². The summed E-state index contributed by atoms with van der Waals surface area (Å²) < 4.78 is 0. The highest BCUT2D eigenvalue weighted by Crippen LogP contribution is 2.56. The average molecular weight is 395 g/mol. The van der Waals surface area contributed by atoms with E-state index < -0.39 is 0 Å². The standard InChI is InChI=1S/C24H43PS/c1-9-20(26)17-22(25-8)24(6,7)23(4,5)21(16-15-18(2)3)19-13-11-10-12-14-19/h10-14,18,20-22,25-26H,9,15-17H2,1-8H3. The summed E-state index contributed by atoms with van der Waals surface area (Å²) in [5.41, 5.74) is 2.75. The zero-order valence-corrected chi connectivity index (χ0v) is 20.4. The van der Waals surface area contributed by atoms with Gasteiger partial charge in [-0.05, 0) is 59.8 Å². The van der Waals surface area contributed by atoms with Crippen molar-refractivity contribution >= 4 is 21.2 Å². The van der Waals surface area contributed by atoms with Crippen LogP contribution in [0.3, 0.4) is 0 Å². The van der Waals surface area contributed by atoms with Crippen LogP contribution in [0.5, 0.6) is 0 Å². The Balaban J connectivity index is 3.22. The van der Waals surface area contributed by atoms with Gasteiger partial charge in [0.15, 0.2) is 0 Å². The maximum atomic E-state index is 4.85. The summed E-state index contributed by atoms with van der Waals surface area (Å²) in [7, 11) is 0.969. The van der Waals surface area contributed by atoms with Gasteiger partial charge in [-0.25, -0.2) is 0 Å². The van der Waals surface area contributed by atoms with Crippen molar-refractivity contribution < 1.29 is 0 Å². The molecule has 0 fully saturated rings. The summed E-state index contributed by atoms with van der Waals surface area (Å²) >= 11 is 4.85. The lowest BCUT2D eigenvalue weighted by molar-refractivity contribution is 0.0628. The molecule has 0 saturated heterocycles. The molecule has 0 aliphatic carbocycles. The van der Waals surface area contributed by atoms with Gasteiger partial charge >= 0.3 is 0 Å². The van der Waals surface area contributed by atoms with Gasteiger partial charge in [-0.15, -0.1) is 8.58 Å². The van der Waals surface area contributed by atoms with Crippen molar-refractivity contribution in [2.45, 2.75) is 91.0 Å². The van der Waals surface area contributed by atoms with E-state index >= 15 is 0 Å². The Hall–Kier alpha value is 0. The molecule has 1 aromatic rings. The number of hydrogen-bond donors (Lipinski definition) is 1. The minimum absolute atomic E-state index is 0.234. The van der Waals surface area contributed by atoms with Crippen LogP contribution >= 0.6 is 21.2 Å². The smallest absolute Gasteiger partial charge is 0.00203 e. The van der Waals surface area contributed by atoms with Crippen LogP contribution in [-0.2, 0) is 0 Å². The molecule has 0 aliphatic rings. The van der Waals surface area contributed by atoms with Crippen LogP contribution in [0.2, 0.25) is 0 Å². The second kappa shape index (κ2) is 10.5. The van der Waals surface area contributed by atoms with E-state index in [1.54, 1.807) is 0 Å². The first-order valence-electron chi connectivity index (χ1n) is 10.5. The molecule has 0 radical (unpaired) electrons. The van der Waals surface area contributed by atoms with E-state index in [2.05, 4.69) is 85.5 Å². The third-order valence-electron chi connectivity index (χ3n) is 6.97. The highest BCUT2D eigenvalue weighted by molar-refractivity contribution is 7.81. The molecule has 2 heteroatoms. The molecule has 0 N–H and O–H groups in total. The van der Waals surface area contributed by atoms with Crippen LogP contribution in [0.15, 0.2) is 30.3 Å². The van der Waals surface area contributed by atoms with Gasteiger partial charge in [-0.2, -0.15) is 12.6 Å². The van der Waals surface area contributed by atoms with Crippen LogP contribution < -0.4 is 0 Å². The minimum atomic E-state index is 0.234. The maximum absolute atomic E-state index is 4.85. The molecule has 0 bridgehead atoms. The first-order valence-corrected chi connectivity index (χ1v) is 12.6. The molecule has 26 heavy (non-hydrogen) atoms. The Kier molecular flexibility index (Phi) is 9.73. The van der Waals surface area contributed by atoms with Gasteiger partial charge in [0.25, 0.3) is 0 Å². The number of hydrogen-bond acceptors (Lipinski definition) is 1. The second-order valence-electron chi connectivity index (χ2n) is 9.52. The van der Waals surface area contributed by atoms with E-state index in [9.17, 15) is 0 Å². The van der Waals surface area contributed by atoms with Crippen molar-refractivity contribution in [3.63, 3.8) is 0 Å². The lowest BCUT2D eigenvalue weighted by atomic mass is 9.56. The van der Waals surface area contributed by atoms with E-state index in [0.29, 0.717) is 11.2 Å². The fourth-order valence-corrected chi connectivity index (χ4v) is 6.26. The third kappa shape index (κ3) is 6.00. The van der Waals surface area contributed by atoms with Gasteiger partial charge in [0.1, 0.15) is 0 Å². The Morgan fingerprint density at radius 1 is 0.962 bits per heavy atom. The molecule has 0 amide bonds. The molecule has 4 atom stereocenters. The molecule has 0 nitrogen and oxygen atoms in total. The van der Waals surface area contributed by atoms with Gasteiger partial charge in [0.05, 0.1) is 0 Å². The molecule has 0 aliphatic heterocycles. The predicted octanol–water partition coefficient (Wildman–Crippen LogP) is 8.03. The highest BCUT2D eigenvalue weighted by atomic mass is 32.1. The minimum Gasteiger partial charge on any atom is -0.176 e. The Morgan fingerprint density at radius 2 is 1.54 bits per heavy atom. The van der Waals surface area contributed by atoms with Crippen LogP contribution in [0.1, 0.15) is 85.6 Å². The monoisotopic (exact) mass is 394 g/mol. The summed E-state index contributed by atoms with van der Waals surface area (Å²) in [6.07, 6.45) is 4.96. The molecule has 0 spiro atoms. The average Bonchev–Trinajstić information content (AvgIpc) is 2.59. The quantitative estimate of drug-likeness (QED) is 0.285. The van der Waals surface area contributed by atoms with Gasteiger partial charge in [-0.3, -0.25) is 0 Å². The highest BCUT2D eigenvalue weighted by Gasteiger charge is 2.47. The van der Waals surface area contributed by atoms with Crippen molar-refractivity contribution in [1.82, 2.24) is 0 Å². The fraction of sp³-hybridized carbons (Fsp3) is 0.750. The Bertz CT molecular complexity index is 506. The Morgan fingerprint density at radius 3 is 2.00 bits per heavy atom. The van der Waals surface area contributed by atoms with Crippen molar-refractivity contribution in [2.24, 2.45) is 16.7 Å². The molecule has 4 unspecified atom stereocenters. The third-order valence-corrected chi connectivity index (χ3v) is 9.20. The van der Waals surface area contributed by atoms with Crippen LogP contribution in [0, 0.1) is 16.7 Å². The fourth-order valence-electron chi connectivity index (χ4n) is 4.24. The summed E-state index contributed by atoms with van der Waals surface area (Å²) in [4.78, 5) is 0. The van der Waals surface area contributed by atoms with Crippen LogP contribution in [0.4, 0.5) is 0 Å². The molecule has 1 rings (SSSR count). The van der Waals surface area contributed by atoms with E-state index in [1.807, 2.05) is 0 Å². The zero-order valence-electron chi connectivity index (χ0n) is 18.5. The van der Waals surface area contributed by atoms with Crippen molar-refractivity contribution in [2.75, 3.05) is 6.66 Å². The summed E-state index contributed by atoms with van der Waals surface area (Å²) in [5.74, 6) is 1.35. The van der Waals surface area contributed by atoms with Crippen LogP contribution in [0.25, 0.3) is 0 Å². The van der Waals surface area contributed by atoms with E-state index in [0.717, 1.165) is 26.6 Å². The maximum Gasteiger partial charge on any atom is 0.00203 e. The molecule has 150 valence electrons. The molecular formula is C24H43PS. The van der Waals surface area contributed by atoms with Gasteiger partial charge in [0, 0.05) is 5.25 Å². The summed E-state index contributed by atoms with van der Waals surface area (Å²) in [5, 5.41) is 0.522. The summed E-state index contributed by atoms with van der Waals surface area (Å²) in [6, 6.07) is 11.3. The van der Waals surface area contributed by atoms with Gasteiger partial charge < -0.3 is 0 Å². The normalized spacial score (nSPS) is 17.0. The van der Waals surface area contributed by atoms with E-state index in [1.165, 1.54) is 24.8 Å². The zero-order chi connectivity index (χ0) is 20.0. The first kappa shape index (κ1) is 24.0. The number of benzene rings is 1. The van der Waals surface area contributed by atoms with Gasteiger partial charge in [0.2, 0.25) is 0 Å². The van der Waals surface area contributed by atoms with Crippen molar-refractivity contribution in [3.8, 4) is 0 Å². The molecule has 0 aromatic heterocycles.